The summed E-state index contributed by atoms with van der Waals surface area (Å²) in [7, 11) is 1.27. The first kappa shape index (κ1) is 15.4. The highest BCUT2D eigenvalue weighted by Crippen LogP contribution is 2.19. The van der Waals surface area contributed by atoms with Crippen LogP contribution in [0.25, 0.3) is 0 Å². The molecule has 0 aliphatic carbocycles. The minimum absolute atomic E-state index is 0.0533. The Labute approximate surface area is 118 Å². The smallest absolute Gasteiger partial charge is 0.319 e. The minimum atomic E-state index is -0.590. The van der Waals surface area contributed by atoms with Crippen molar-refractivity contribution in [3.05, 3.63) is 28.5 Å². The Morgan fingerprint density at radius 3 is 2.79 bits per heavy atom. The molecule has 0 aliphatic heterocycles. The monoisotopic (exact) mass is 332 g/mol. The fourth-order valence-corrected chi connectivity index (χ4v) is 1.65. The van der Waals surface area contributed by atoms with Crippen LogP contribution in [0.2, 0.25) is 0 Å². The summed E-state index contributed by atoms with van der Waals surface area (Å²) in [5.74, 6) is -1.43. The Kier molecular flexibility index (Phi) is 5.75. The fourth-order valence-electron chi connectivity index (χ4n) is 1.29. The van der Waals surface area contributed by atoms with Crippen LogP contribution < -0.4 is 10.6 Å². The maximum atomic E-state index is 13.4. The van der Waals surface area contributed by atoms with Crippen molar-refractivity contribution in [1.29, 1.82) is 0 Å². The zero-order valence-electron chi connectivity index (χ0n) is 10.5. The van der Waals surface area contributed by atoms with Gasteiger partial charge in [-0.05, 0) is 18.2 Å². The van der Waals surface area contributed by atoms with Crippen molar-refractivity contribution < 1.29 is 18.7 Å². The molecule has 2 N–H and O–H groups in total. The molecule has 0 radical (unpaired) electrons. The van der Waals surface area contributed by atoms with E-state index in [4.69, 9.17) is 0 Å². The number of ether oxygens (including phenoxy) is 1. The zero-order chi connectivity index (χ0) is 14.4. The first-order valence-corrected chi connectivity index (χ1v) is 6.31. The molecule has 0 spiro atoms. The lowest BCUT2D eigenvalue weighted by Crippen LogP contribution is -2.35. The second-order valence-corrected chi connectivity index (χ2v) is 4.80. The van der Waals surface area contributed by atoms with Crippen molar-refractivity contribution in [2.24, 2.45) is 5.92 Å². The number of hydrogen-bond acceptors (Lipinski definition) is 3. The summed E-state index contributed by atoms with van der Waals surface area (Å²) in [6, 6.07) is 3.61. The van der Waals surface area contributed by atoms with Crippen molar-refractivity contribution in [2.45, 2.75) is 6.92 Å². The lowest BCUT2D eigenvalue weighted by atomic mass is 10.2. The molecule has 0 fully saturated rings. The lowest BCUT2D eigenvalue weighted by molar-refractivity contribution is -0.144. The van der Waals surface area contributed by atoms with Crippen LogP contribution in [0.4, 0.5) is 14.9 Å². The third kappa shape index (κ3) is 4.86. The van der Waals surface area contributed by atoms with Crippen LogP contribution in [0, 0.1) is 11.7 Å². The Bertz CT molecular complexity index is 482. The van der Waals surface area contributed by atoms with Gasteiger partial charge in [0.2, 0.25) is 0 Å². The van der Waals surface area contributed by atoms with Crippen LogP contribution in [-0.4, -0.2) is 25.7 Å². The number of urea groups is 1. The van der Waals surface area contributed by atoms with Gasteiger partial charge in [-0.15, -0.1) is 0 Å². The molecule has 5 nitrogen and oxygen atoms in total. The standard InChI is InChI=1S/C12H14BrFN2O3/c1-7(11(17)19-2)6-15-12(18)16-10-5-8(13)3-4-9(10)14/h3-5,7H,6H2,1-2H3,(H2,15,16,18)/t7-/m1/s1. The number of carbonyl (C=O) groups is 2. The zero-order valence-corrected chi connectivity index (χ0v) is 12.1. The SMILES string of the molecule is COC(=O)[C@H](C)CNC(=O)Nc1cc(Br)ccc1F. The second-order valence-electron chi connectivity index (χ2n) is 3.88. The maximum absolute atomic E-state index is 13.4. The molecule has 0 aliphatic rings. The molecule has 2 amide bonds. The summed E-state index contributed by atoms with van der Waals surface area (Å²) in [5.41, 5.74) is 0.0533. The highest BCUT2D eigenvalue weighted by molar-refractivity contribution is 9.10. The van der Waals surface area contributed by atoms with Crippen molar-refractivity contribution in [1.82, 2.24) is 5.32 Å². The Morgan fingerprint density at radius 2 is 2.16 bits per heavy atom. The van der Waals surface area contributed by atoms with E-state index in [9.17, 15) is 14.0 Å². The van der Waals surface area contributed by atoms with Crippen LogP contribution in [0.15, 0.2) is 22.7 Å². The number of benzene rings is 1. The average Bonchev–Trinajstić information content (AvgIpc) is 2.39. The van der Waals surface area contributed by atoms with Gasteiger partial charge in [0.25, 0.3) is 0 Å². The number of rotatable bonds is 4. The van der Waals surface area contributed by atoms with Gasteiger partial charge >= 0.3 is 12.0 Å². The summed E-state index contributed by atoms with van der Waals surface area (Å²) in [4.78, 5) is 22.7. The molecule has 0 aromatic heterocycles. The van der Waals surface area contributed by atoms with Crippen LogP contribution in [0.1, 0.15) is 6.92 Å². The van der Waals surface area contributed by atoms with Gasteiger partial charge in [0.15, 0.2) is 0 Å². The topological polar surface area (TPSA) is 67.4 Å². The van der Waals surface area contributed by atoms with E-state index >= 15 is 0 Å². The molecule has 19 heavy (non-hydrogen) atoms. The number of hydrogen-bond donors (Lipinski definition) is 2. The summed E-state index contributed by atoms with van der Waals surface area (Å²) in [5, 5.41) is 4.82. The van der Waals surface area contributed by atoms with E-state index in [1.807, 2.05) is 0 Å². The number of amides is 2. The second kappa shape index (κ2) is 7.08. The van der Waals surface area contributed by atoms with Crippen molar-refractivity contribution in [3.63, 3.8) is 0 Å². The highest BCUT2D eigenvalue weighted by Gasteiger charge is 2.14. The number of anilines is 1. The van der Waals surface area contributed by atoms with Crippen molar-refractivity contribution >= 4 is 33.6 Å². The maximum Gasteiger partial charge on any atom is 0.319 e. The Hall–Kier alpha value is -1.63. The summed E-state index contributed by atoms with van der Waals surface area (Å²) < 4.78 is 18.5. The highest BCUT2D eigenvalue weighted by atomic mass is 79.9. The first-order chi connectivity index (χ1) is 8.93. The normalized spacial score (nSPS) is 11.6. The van der Waals surface area contributed by atoms with E-state index in [0.717, 1.165) is 0 Å². The molecule has 1 rings (SSSR count). The first-order valence-electron chi connectivity index (χ1n) is 5.51. The molecule has 0 saturated heterocycles. The third-order valence-corrected chi connectivity index (χ3v) is 2.84. The van der Waals surface area contributed by atoms with Crippen LogP contribution in [-0.2, 0) is 9.53 Å². The van der Waals surface area contributed by atoms with Gasteiger partial charge in [0, 0.05) is 11.0 Å². The molecular formula is C12H14BrFN2O3. The van der Waals surface area contributed by atoms with Gasteiger partial charge in [-0.2, -0.15) is 0 Å². The molecule has 7 heteroatoms. The number of esters is 1. The third-order valence-electron chi connectivity index (χ3n) is 2.35. The molecule has 0 unspecified atom stereocenters. The van der Waals surface area contributed by atoms with E-state index in [0.29, 0.717) is 4.47 Å². The van der Waals surface area contributed by atoms with Crippen LogP contribution in [0.3, 0.4) is 0 Å². The molecule has 104 valence electrons. The predicted molar refractivity (Wildman–Crippen MR) is 72.3 cm³/mol. The minimum Gasteiger partial charge on any atom is -0.469 e. The molecular weight excluding hydrogens is 319 g/mol. The molecule has 1 atom stereocenters. The quantitative estimate of drug-likeness (QED) is 0.832. The Morgan fingerprint density at radius 1 is 1.47 bits per heavy atom. The van der Waals surface area contributed by atoms with E-state index in [2.05, 4.69) is 31.3 Å². The molecule has 0 bridgehead atoms. The summed E-state index contributed by atoms with van der Waals surface area (Å²) >= 11 is 3.18. The molecule has 0 heterocycles. The van der Waals surface area contributed by atoms with Gasteiger partial charge in [-0.25, -0.2) is 9.18 Å². The van der Waals surface area contributed by atoms with Crippen molar-refractivity contribution in [3.8, 4) is 0 Å². The van der Waals surface area contributed by atoms with Gasteiger partial charge in [-0.1, -0.05) is 22.9 Å². The van der Waals surface area contributed by atoms with Gasteiger partial charge in [-0.3, -0.25) is 4.79 Å². The number of halogens is 2. The summed E-state index contributed by atoms with van der Waals surface area (Å²) in [6.07, 6.45) is 0. The average molecular weight is 333 g/mol. The number of methoxy groups -OCH3 is 1. The fraction of sp³-hybridized carbons (Fsp3) is 0.333. The van der Waals surface area contributed by atoms with E-state index in [1.54, 1.807) is 6.92 Å². The molecule has 1 aromatic rings. The lowest BCUT2D eigenvalue weighted by Gasteiger charge is -2.12. The number of nitrogens with one attached hydrogen (secondary N) is 2. The van der Waals surface area contributed by atoms with E-state index < -0.39 is 23.7 Å². The van der Waals surface area contributed by atoms with Gasteiger partial charge < -0.3 is 15.4 Å². The predicted octanol–water partition coefficient (Wildman–Crippen LogP) is 2.52. The van der Waals surface area contributed by atoms with E-state index in [-0.39, 0.29) is 12.2 Å². The number of carbonyl (C=O) groups excluding carboxylic acids is 2. The molecule has 0 saturated carbocycles. The van der Waals surface area contributed by atoms with E-state index in [1.165, 1.54) is 25.3 Å². The Balaban J connectivity index is 2.52. The molecule has 1 aromatic carbocycles. The van der Waals surface area contributed by atoms with Crippen LogP contribution in [0.5, 0.6) is 0 Å². The van der Waals surface area contributed by atoms with Crippen molar-refractivity contribution in [2.75, 3.05) is 19.0 Å². The van der Waals surface area contributed by atoms with Gasteiger partial charge in [0.05, 0.1) is 18.7 Å². The van der Waals surface area contributed by atoms with Crippen LogP contribution >= 0.6 is 15.9 Å². The largest absolute Gasteiger partial charge is 0.469 e. The summed E-state index contributed by atoms with van der Waals surface area (Å²) in [6.45, 7) is 1.72. The van der Waals surface area contributed by atoms with Gasteiger partial charge in [0.1, 0.15) is 5.82 Å².